The first-order valence-corrected chi connectivity index (χ1v) is 7.64. The van der Waals surface area contributed by atoms with Crippen molar-refractivity contribution >= 4 is 17.6 Å². The fourth-order valence-corrected chi connectivity index (χ4v) is 2.28. The molecule has 1 aromatic heterocycles. The molecule has 0 saturated heterocycles. The van der Waals surface area contributed by atoms with Crippen molar-refractivity contribution in [3.63, 3.8) is 0 Å². The molecule has 0 unspecified atom stereocenters. The molecular weight excluding hydrogens is 320 g/mol. The van der Waals surface area contributed by atoms with Crippen LogP contribution in [0.3, 0.4) is 0 Å². The number of nitrogens with zero attached hydrogens (tertiary/aromatic N) is 1. The largest absolute Gasteiger partial charge is 0.465 e. The summed E-state index contributed by atoms with van der Waals surface area (Å²) < 4.78 is 10.0. The molecule has 0 aliphatic carbocycles. The smallest absolute Gasteiger partial charge is 0.337 e. The number of hydrogen-bond donors (Lipinski definition) is 1. The van der Waals surface area contributed by atoms with Gasteiger partial charge in [0, 0.05) is 11.3 Å². The number of oxazole rings is 1. The second kappa shape index (κ2) is 7.44. The molecule has 3 rings (SSSR count). The summed E-state index contributed by atoms with van der Waals surface area (Å²) in [5.74, 6) is -0.168. The number of esters is 1. The molecule has 0 atom stereocenters. The van der Waals surface area contributed by atoms with Crippen molar-refractivity contribution in [1.29, 1.82) is 0 Å². The van der Waals surface area contributed by atoms with Crippen molar-refractivity contribution in [3.8, 4) is 11.5 Å². The van der Waals surface area contributed by atoms with Gasteiger partial charge in [-0.25, -0.2) is 9.78 Å². The molecule has 126 valence electrons. The molecule has 2 aromatic carbocycles. The maximum Gasteiger partial charge on any atom is 0.337 e. The van der Waals surface area contributed by atoms with Crippen molar-refractivity contribution in [2.45, 2.75) is 6.42 Å². The zero-order valence-corrected chi connectivity index (χ0v) is 13.6. The van der Waals surface area contributed by atoms with Gasteiger partial charge in [-0.2, -0.15) is 0 Å². The summed E-state index contributed by atoms with van der Waals surface area (Å²) in [6.07, 6.45) is 1.57. The second-order valence-corrected chi connectivity index (χ2v) is 5.30. The van der Waals surface area contributed by atoms with Crippen molar-refractivity contribution in [2.75, 3.05) is 12.4 Å². The van der Waals surface area contributed by atoms with Crippen molar-refractivity contribution < 1.29 is 18.7 Å². The van der Waals surface area contributed by atoms with Crippen LogP contribution in [0, 0.1) is 0 Å². The van der Waals surface area contributed by atoms with Gasteiger partial charge >= 0.3 is 5.97 Å². The molecule has 0 aliphatic rings. The third-order valence-electron chi connectivity index (χ3n) is 3.50. The predicted octanol–water partition coefficient (Wildman–Crippen LogP) is 3.31. The number of anilines is 1. The van der Waals surface area contributed by atoms with E-state index in [0.717, 1.165) is 5.56 Å². The molecule has 1 amide bonds. The maximum atomic E-state index is 12.1. The van der Waals surface area contributed by atoms with E-state index < -0.39 is 5.97 Å². The first kappa shape index (κ1) is 16.4. The Morgan fingerprint density at radius 1 is 1.08 bits per heavy atom. The van der Waals surface area contributed by atoms with E-state index in [9.17, 15) is 9.59 Å². The number of hydrogen-bond acceptors (Lipinski definition) is 5. The normalized spacial score (nSPS) is 10.3. The Balaban J connectivity index is 1.61. The number of benzene rings is 2. The van der Waals surface area contributed by atoms with E-state index in [1.807, 2.05) is 30.3 Å². The minimum Gasteiger partial charge on any atom is -0.465 e. The Hall–Kier alpha value is -3.41. The van der Waals surface area contributed by atoms with Gasteiger partial charge in [-0.05, 0) is 36.4 Å². The summed E-state index contributed by atoms with van der Waals surface area (Å²) in [5, 5.41) is 2.75. The van der Waals surface area contributed by atoms with E-state index in [2.05, 4.69) is 15.0 Å². The van der Waals surface area contributed by atoms with E-state index >= 15 is 0 Å². The van der Waals surface area contributed by atoms with Gasteiger partial charge in [0.1, 0.15) is 6.26 Å². The molecule has 0 saturated carbocycles. The first-order valence-electron chi connectivity index (χ1n) is 7.64. The van der Waals surface area contributed by atoms with E-state index in [0.29, 0.717) is 22.8 Å². The lowest BCUT2D eigenvalue weighted by molar-refractivity contribution is -0.115. The van der Waals surface area contributed by atoms with Gasteiger partial charge in [0.15, 0.2) is 0 Å². The van der Waals surface area contributed by atoms with Crippen LogP contribution in [0.25, 0.3) is 11.5 Å². The summed E-state index contributed by atoms with van der Waals surface area (Å²) in [5.41, 5.74) is 2.41. The fourth-order valence-electron chi connectivity index (χ4n) is 2.28. The van der Waals surface area contributed by atoms with Gasteiger partial charge in [0.25, 0.3) is 0 Å². The van der Waals surface area contributed by atoms with Gasteiger partial charge in [-0.3, -0.25) is 4.79 Å². The molecule has 25 heavy (non-hydrogen) atoms. The number of aromatic nitrogens is 1. The van der Waals surface area contributed by atoms with Gasteiger partial charge in [-0.15, -0.1) is 0 Å². The molecule has 3 aromatic rings. The number of rotatable bonds is 5. The number of methoxy groups -OCH3 is 1. The average molecular weight is 336 g/mol. The van der Waals surface area contributed by atoms with E-state index in [1.54, 1.807) is 24.3 Å². The first-order chi connectivity index (χ1) is 12.2. The fraction of sp³-hybridized carbons (Fsp3) is 0.105. The molecule has 0 bridgehead atoms. The lowest BCUT2D eigenvalue weighted by Crippen LogP contribution is -2.14. The highest BCUT2D eigenvalue weighted by atomic mass is 16.5. The van der Waals surface area contributed by atoms with Crippen LogP contribution in [0.5, 0.6) is 0 Å². The Kier molecular flexibility index (Phi) is 4.89. The maximum absolute atomic E-state index is 12.1. The van der Waals surface area contributed by atoms with Gasteiger partial charge in [-0.1, -0.05) is 18.2 Å². The van der Waals surface area contributed by atoms with E-state index in [-0.39, 0.29) is 12.3 Å². The van der Waals surface area contributed by atoms with Crippen molar-refractivity contribution in [1.82, 2.24) is 4.98 Å². The minimum atomic E-state index is -0.422. The highest BCUT2D eigenvalue weighted by molar-refractivity contribution is 5.93. The van der Waals surface area contributed by atoms with Gasteiger partial charge in [0.2, 0.25) is 11.8 Å². The van der Waals surface area contributed by atoms with Crippen LogP contribution >= 0.6 is 0 Å². The molecule has 1 heterocycles. The van der Waals surface area contributed by atoms with E-state index in [1.165, 1.54) is 13.4 Å². The molecular formula is C19H16N2O4. The zero-order chi connectivity index (χ0) is 17.6. The average Bonchev–Trinajstić information content (AvgIpc) is 3.10. The predicted molar refractivity (Wildman–Crippen MR) is 92.1 cm³/mol. The Morgan fingerprint density at radius 2 is 1.80 bits per heavy atom. The minimum absolute atomic E-state index is 0.0923. The molecule has 1 N–H and O–H groups in total. The standard InChI is InChI=1S/C19H16N2O4/c1-24-19(23)14-7-9-15(10-8-14)20-17(22)11-16-12-25-18(21-16)13-5-3-2-4-6-13/h2-10,12H,11H2,1H3,(H,20,22). The topological polar surface area (TPSA) is 81.4 Å². The monoisotopic (exact) mass is 336 g/mol. The van der Waals surface area contributed by atoms with Crippen molar-refractivity contribution in [3.05, 3.63) is 72.1 Å². The zero-order valence-electron chi connectivity index (χ0n) is 13.6. The van der Waals surface area contributed by atoms with E-state index in [4.69, 9.17) is 4.42 Å². The lowest BCUT2D eigenvalue weighted by Gasteiger charge is -2.05. The molecule has 0 aliphatic heterocycles. The molecule has 6 heteroatoms. The Bertz CT molecular complexity index is 870. The molecule has 0 fully saturated rings. The van der Waals surface area contributed by atoms with Crippen LogP contribution in [0.2, 0.25) is 0 Å². The van der Waals surface area contributed by atoms with Crippen molar-refractivity contribution in [2.24, 2.45) is 0 Å². The summed E-state index contributed by atoms with van der Waals surface area (Å²) in [6.45, 7) is 0. The molecule has 0 spiro atoms. The summed E-state index contributed by atoms with van der Waals surface area (Å²) in [6, 6.07) is 15.9. The highest BCUT2D eigenvalue weighted by Crippen LogP contribution is 2.18. The number of nitrogens with one attached hydrogen (secondary N) is 1. The van der Waals surface area contributed by atoms with Crippen LogP contribution in [-0.4, -0.2) is 24.0 Å². The lowest BCUT2D eigenvalue weighted by atomic mass is 10.2. The third kappa shape index (κ3) is 4.11. The van der Waals surface area contributed by atoms with Crippen LogP contribution in [0.15, 0.2) is 65.3 Å². The number of carbonyl (C=O) groups is 2. The molecule has 6 nitrogen and oxygen atoms in total. The summed E-state index contributed by atoms with van der Waals surface area (Å²) in [4.78, 5) is 27.8. The van der Waals surface area contributed by atoms with Crippen LogP contribution in [0.1, 0.15) is 16.1 Å². The highest BCUT2D eigenvalue weighted by Gasteiger charge is 2.11. The van der Waals surface area contributed by atoms with Crippen LogP contribution < -0.4 is 5.32 Å². The SMILES string of the molecule is COC(=O)c1ccc(NC(=O)Cc2coc(-c3ccccc3)n2)cc1. The van der Waals surface area contributed by atoms with Gasteiger partial charge in [0.05, 0.1) is 24.8 Å². The number of carbonyl (C=O) groups excluding carboxylic acids is 2. The van der Waals surface area contributed by atoms with Gasteiger partial charge < -0.3 is 14.5 Å². The van der Waals surface area contributed by atoms with Crippen LogP contribution in [-0.2, 0) is 16.0 Å². The Labute approximate surface area is 144 Å². The second-order valence-electron chi connectivity index (χ2n) is 5.30. The number of ether oxygens (including phenoxy) is 1. The third-order valence-corrected chi connectivity index (χ3v) is 3.50. The summed E-state index contributed by atoms with van der Waals surface area (Å²) in [7, 11) is 1.32. The summed E-state index contributed by atoms with van der Waals surface area (Å²) >= 11 is 0. The quantitative estimate of drug-likeness (QED) is 0.723. The molecule has 0 radical (unpaired) electrons. The number of amides is 1. The Morgan fingerprint density at radius 3 is 2.48 bits per heavy atom. The van der Waals surface area contributed by atoms with Crippen LogP contribution in [0.4, 0.5) is 5.69 Å².